The van der Waals surface area contributed by atoms with E-state index in [-0.39, 0.29) is 99.8 Å². The zero-order valence-corrected chi connectivity index (χ0v) is 62.9. The molecule has 0 saturated heterocycles. The van der Waals surface area contributed by atoms with E-state index < -0.39 is 30.7 Å². The van der Waals surface area contributed by atoms with Gasteiger partial charge in [0.15, 0.2) is 13.1 Å². The van der Waals surface area contributed by atoms with Crippen LogP contribution in [0.1, 0.15) is 331 Å². The third kappa shape index (κ3) is 58.8. The molecule has 0 spiro atoms. The third-order valence-electron chi connectivity index (χ3n) is 17.8. The Balaban J connectivity index is -0.0000414. The number of aliphatic hydroxyl groups is 2. The van der Waals surface area contributed by atoms with Crippen LogP contribution in [-0.4, -0.2) is 152 Å². The molecular weight excluding hydrogens is 1240 g/mol. The van der Waals surface area contributed by atoms with Crippen LogP contribution in [0.2, 0.25) is 0 Å². The number of ether oxygens (including phenoxy) is 6. The van der Waals surface area contributed by atoms with Gasteiger partial charge in [0, 0.05) is 33.1 Å². The zero-order chi connectivity index (χ0) is 68.2. The minimum atomic E-state index is -0.863. The molecule has 94 heavy (non-hydrogen) atoms. The first-order valence-electron chi connectivity index (χ1n) is 37.7. The summed E-state index contributed by atoms with van der Waals surface area (Å²) in [4.78, 5) is 76.1. The highest BCUT2D eigenvalue weighted by Crippen LogP contribution is 2.21. The van der Waals surface area contributed by atoms with Crippen LogP contribution < -0.4 is 24.8 Å². The predicted molar refractivity (Wildman–Crippen MR) is 372 cm³/mol. The molecule has 0 bridgehead atoms. The Kier molecular flexibility index (Phi) is 66.3. The van der Waals surface area contributed by atoms with Gasteiger partial charge in [0.1, 0.15) is 38.5 Å². The molecule has 16 nitrogen and oxygen atoms in total. The van der Waals surface area contributed by atoms with Gasteiger partial charge in [0.05, 0.1) is 39.4 Å². The lowest BCUT2D eigenvalue weighted by Crippen LogP contribution is -3.00. The molecule has 0 fully saturated rings. The fourth-order valence-corrected chi connectivity index (χ4v) is 11.7. The fraction of sp³-hybridized carbons (Fsp3) is 0.868. The number of nitrogens with zero attached hydrogens (tertiary/aromatic N) is 2. The molecular formula is C76H142Cl2N2O14. The van der Waals surface area contributed by atoms with Gasteiger partial charge in [-0.2, -0.15) is 0 Å². The van der Waals surface area contributed by atoms with Gasteiger partial charge in [-0.15, -0.1) is 0 Å². The summed E-state index contributed by atoms with van der Waals surface area (Å²) in [5.74, 6) is -1.97. The second-order valence-corrected chi connectivity index (χ2v) is 27.2. The number of carbonyl (C=O) groups excluding carboxylic acids is 6. The van der Waals surface area contributed by atoms with E-state index in [1.165, 1.54) is 90.9 Å². The summed E-state index contributed by atoms with van der Waals surface area (Å²) in [5.41, 5.74) is 0. The van der Waals surface area contributed by atoms with Crippen molar-refractivity contribution in [2.75, 3.05) is 66.6 Å². The van der Waals surface area contributed by atoms with Gasteiger partial charge >= 0.3 is 35.8 Å². The minimum absolute atomic E-state index is 0. The number of carbonyl (C=O) groups is 6. The lowest BCUT2D eigenvalue weighted by atomic mass is 10.0. The van der Waals surface area contributed by atoms with Crippen molar-refractivity contribution in [3.63, 3.8) is 0 Å². The molecule has 0 aromatic rings. The van der Waals surface area contributed by atoms with Crippen LogP contribution >= 0.6 is 0 Å². The van der Waals surface area contributed by atoms with Gasteiger partial charge in [0.25, 0.3) is 0 Å². The van der Waals surface area contributed by atoms with Gasteiger partial charge in [-0.05, 0) is 109 Å². The average Bonchev–Trinajstić information content (AvgIpc) is 1.32. The van der Waals surface area contributed by atoms with Crippen molar-refractivity contribution in [1.29, 1.82) is 0 Å². The molecule has 0 rings (SSSR count). The SMILES string of the molecule is CCCCCCCCCC(OC(=O)CCCCCCC/C=C\CC(O)C(CCCCC)OC(=O)C[N+](C)(CCCCCCCC)CCOC(C)=O)OC(=O)CCCCCCC/C=C\CC(O)C(CCCCC)OC(=O)C[N+](C)(CCCCCCCC)CCOC(C)=O.[Cl-].[Cl-]. The topological polar surface area (TPSA) is 198 Å². The molecule has 0 heterocycles. The number of halogens is 2. The summed E-state index contributed by atoms with van der Waals surface area (Å²) in [6.45, 7) is 17.1. The molecule has 0 aromatic heterocycles. The number of quaternary nitrogens is 2. The summed E-state index contributed by atoms with van der Waals surface area (Å²) in [6.07, 6.45) is 45.8. The Morgan fingerprint density at radius 3 is 1.00 bits per heavy atom. The van der Waals surface area contributed by atoms with Crippen molar-refractivity contribution >= 4 is 35.8 Å². The maximum absolute atomic E-state index is 13.5. The number of esters is 6. The molecule has 554 valence electrons. The number of allylic oxidation sites excluding steroid dienone is 2. The first kappa shape index (κ1) is 94.9. The van der Waals surface area contributed by atoms with Crippen LogP contribution in [0, 0.1) is 0 Å². The average molecular weight is 1380 g/mol. The predicted octanol–water partition coefficient (Wildman–Crippen LogP) is 11.3. The Morgan fingerprint density at radius 2 is 0.649 bits per heavy atom. The Morgan fingerprint density at radius 1 is 0.351 bits per heavy atom. The van der Waals surface area contributed by atoms with Crippen molar-refractivity contribution in [3.8, 4) is 0 Å². The number of aliphatic hydroxyl groups excluding tert-OH is 2. The van der Waals surface area contributed by atoms with Gasteiger partial charge < -0.3 is 72.4 Å². The third-order valence-corrected chi connectivity index (χ3v) is 17.8. The minimum Gasteiger partial charge on any atom is -1.00 e. The number of unbranched alkanes of at least 4 members (excludes halogenated alkanes) is 30. The van der Waals surface area contributed by atoms with E-state index in [9.17, 15) is 39.0 Å². The molecule has 2 N–H and O–H groups in total. The summed E-state index contributed by atoms with van der Waals surface area (Å²) in [7, 11) is 4.05. The Labute approximate surface area is 586 Å². The van der Waals surface area contributed by atoms with Crippen LogP contribution in [-0.2, 0) is 57.2 Å². The van der Waals surface area contributed by atoms with Crippen LogP contribution in [0.5, 0.6) is 0 Å². The van der Waals surface area contributed by atoms with E-state index in [0.29, 0.717) is 67.0 Å². The fourth-order valence-electron chi connectivity index (χ4n) is 11.7. The molecule has 0 amide bonds. The quantitative estimate of drug-likeness (QED) is 0.0146. The van der Waals surface area contributed by atoms with E-state index in [4.69, 9.17) is 28.4 Å². The smallest absolute Gasteiger partial charge is 0.362 e. The zero-order valence-electron chi connectivity index (χ0n) is 61.4. The summed E-state index contributed by atoms with van der Waals surface area (Å²) in [5, 5.41) is 22.5. The van der Waals surface area contributed by atoms with Gasteiger partial charge in [-0.25, -0.2) is 9.59 Å². The van der Waals surface area contributed by atoms with E-state index in [0.717, 1.165) is 161 Å². The molecule has 6 unspecified atom stereocenters. The molecule has 0 aliphatic carbocycles. The molecule has 6 atom stereocenters. The molecule has 0 radical (unpaired) electrons. The molecule has 0 aromatic carbocycles. The van der Waals surface area contributed by atoms with Crippen LogP contribution in [0.25, 0.3) is 0 Å². The normalized spacial score (nSPS) is 14.4. The maximum atomic E-state index is 13.5. The van der Waals surface area contributed by atoms with Crippen LogP contribution in [0.4, 0.5) is 0 Å². The van der Waals surface area contributed by atoms with Gasteiger partial charge in [-0.1, -0.05) is 213 Å². The summed E-state index contributed by atoms with van der Waals surface area (Å²) in [6, 6.07) is 0. The highest BCUT2D eigenvalue weighted by Gasteiger charge is 2.32. The van der Waals surface area contributed by atoms with Crippen LogP contribution in [0.15, 0.2) is 24.3 Å². The van der Waals surface area contributed by atoms with Crippen molar-refractivity contribution in [1.82, 2.24) is 0 Å². The lowest BCUT2D eigenvalue weighted by molar-refractivity contribution is -0.903. The second kappa shape index (κ2) is 65.6. The standard InChI is InChI=1S/C76H142N2O14.2ClH/c1-10-15-20-23-30-39-48-57-76(91-72(83)55-46-37-33-28-26-31-35-44-51-68(81)70(53-42-18-13-4)89-74(85)64-77(8,60-62-87-66(6)79)58-49-40-24-21-16-11-2)92-73(84)56-47-38-34-29-27-32-36-45-52-69(82)71(54-43-19-14-5)90-75(86)65-78(9,61-63-88-67(7)80)59-50-41-25-22-17-12-3;;/h35-36,44-45,68-71,76,81-82H,10-34,37-43,46-65H2,1-9H3;2*1H/q+2;;/p-2/b44-35-,45-36-;;. The molecule has 18 heteroatoms. The number of rotatable bonds is 66. The summed E-state index contributed by atoms with van der Waals surface area (Å²) >= 11 is 0. The first-order valence-corrected chi connectivity index (χ1v) is 37.7. The molecule has 0 aliphatic heterocycles. The van der Waals surface area contributed by atoms with Crippen LogP contribution in [0.3, 0.4) is 0 Å². The van der Waals surface area contributed by atoms with Crippen molar-refractivity contribution in [2.45, 2.75) is 362 Å². The Hall–Kier alpha value is -3.28. The number of likely N-dealkylation sites (N-methyl/N-ethyl adjacent to an activating group) is 2. The van der Waals surface area contributed by atoms with Crippen molar-refractivity contribution < 1.29 is 101 Å². The van der Waals surface area contributed by atoms with E-state index >= 15 is 0 Å². The summed E-state index contributed by atoms with van der Waals surface area (Å²) < 4.78 is 35.0. The highest BCUT2D eigenvalue weighted by molar-refractivity contribution is 5.72. The highest BCUT2D eigenvalue weighted by atomic mass is 35.5. The van der Waals surface area contributed by atoms with Crippen molar-refractivity contribution in [2.24, 2.45) is 0 Å². The van der Waals surface area contributed by atoms with E-state index in [1.807, 2.05) is 26.2 Å². The lowest BCUT2D eigenvalue weighted by Gasteiger charge is -2.34. The van der Waals surface area contributed by atoms with E-state index in [1.54, 1.807) is 0 Å². The second-order valence-electron chi connectivity index (χ2n) is 27.2. The number of hydrogen-bond acceptors (Lipinski definition) is 14. The maximum Gasteiger partial charge on any atom is 0.362 e. The molecule has 0 aliphatic rings. The van der Waals surface area contributed by atoms with E-state index in [2.05, 4.69) is 46.8 Å². The first-order chi connectivity index (χ1) is 44.4. The van der Waals surface area contributed by atoms with Crippen molar-refractivity contribution in [3.05, 3.63) is 24.3 Å². The Bertz CT molecular complexity index is 1770. The van der Waals surface area contributed by atoms with Gasteiger partial charge in [0.2, 0.25) is 6.29 Å². The monoisotopic (exact) mass is 1380 g/mol. The van der Waals surface area contributed by atoms with Gasteiger partial charge in [-0.3, -0.25) is 19.2 Å². The molecule has 0 saturated carbocycles. The number of hydrogen-bond donors (Lipinski definition) is 2. The largest absolute Gasteiger partial charge is 1.00 e.